The fraction of sp³-hybridized carbons (Fsp3) is 0.200. The zero-order chi connectivity index (χ0) is 18.0. The van der Waals surface area contributed by atoms with Crippen LogP contribution in [0.15, 0.2) is 60.2 Å². The van der Waals surface area contributed by atoms with Crippen LogP contribution in [0.1, 0.15) is 15.9 Å². The number of carbonyl (C=O) groups excluding carboxylic acids is 2. The number of hydrogen-bond acceptors (Lipinski definition) is 5. The van der Waals surface area contributed by atoms with Gasteiger partial charge in [-0.05, 0) is 31.8 Å². The molecule has 0 saturated carbocycles. The maximum absolute atomic E-state index is 13.2. The van der Waals surface area contributed by atoms with Crippen LogP contribution in [0, 0.1) is 0 Å². The van der Waals surface area contributed by atoms with Crippen LogP contribution < -0.4 is 4.74 Å². The Morgan fingerprint density at radius 3 is 2.44 bits per heavy atom. The van der Waals surface area contributed by atoms with Crippen LogP contribution in [0.4, 0.5) is 0 Å². The summed E-state index contributed by atoms with van der Waals surface area (Å²) in [6, 6.07) is 16.0. The van der Waals surface area contributed by atoms with E-state index in [2.05, 4.69) is 0 Å². The lowest BCUT2D eigenvalue weighted by atomic mass is 9.94. The quantitative estimate of drug-likeness (QED) is 0.620. The molecule has 0 spiro atoms. The summed E-state index contributed by atoms with van der Waals surface area (Å²) in [5, 5.41) is 0. The number of cyclic esters (lactones) is 1. The summed E-state index contributed by atoms with van der Waals surface area (Å²) in [5.74, 6) is -0.155. The van der Waals surface area contributed by atoms with Crippen LogP contribution in [0.25, 0.3) is 5.57 Å². The maximum Gasteiger partial charge on any atom is 0.341 e. The van der Waals surface area contributed by atoms with E-state index in [1.807, 2.05) is 18.2 Å². The average molecular weight is 337 g/mol. The molecule has 5 nitrogen and oxygen atoms in total. The van der Waals surface area contributed by atoms with Gasteiger partial charge in [-0.3, -0.25) is 9.69 Å². The standard InChI is InChI=1S/C20H19NO4/c1-21(2)19-17(18(22)14-10-7-11-15(12-14)24-3)16(20(23)25-19)13-8-5-4-6-9-13/h4-12,19H,1-3H3. The van der Waals surface area contributed by atoms with Gasteiger partial charge in [0.1, 0.15) is 5.75 Å². The number of methoxy groups -OCH3 is 1. The molecule has 128 valence electrons. The third kappa shape index (κ3) is 3.19. The molecule has 0 aromatic heterocycles. The van der Waals surface area contributed by atoms with Crippen molar-refractivity contribution in [3.05, 3.63) is 71.3 Å². The van der Waals surface area contributed by atoms with Gasteiger partial charge in [-0.15, -0.1) is 0 Å². The summed E-state index contributed by atoms with van der Waals surface area (Å²) in [6.45, 7) is 0. The van der Waals surface area contributed by atoms with Gasteiger partial charge in [0.05, 0.1) is 18.3 Å². The van der Waals surface area contributed by atoms with Gasteiger partial charge in [-0.1, -0.05) is 42.5 Å². The maximum atomic E-state index is 13.2. The number of ether oxygens (including phenoxy) is 2. The van der Waals surface area contributed by atoms with Crippen molar-refractivity contribution in [1.29, 1.82) is 0 Å². The molecule has 0 N–H and O–H groups in total. The minimum Gasteiger partial charge on any atom is -0.497 e. The predicted octanol–water partition coefficient (Wildman–Crippen LogP) is 2.78. The zero-order valence-electron chi connectivity index (χ0n) is 14.4. The van der Waals surface area contributed by atoms with E-state index in [0.29, 0.717) is 28.0 Å². The van der Waals surface area contributed by atoms with Gasteiger partial charge in [0.2, 0.25) is 0 Å². The van der Waals surface area contributed by atoms with Gasteiger partial charge < -0.3 is 9.47 Å². The molecule has 1 heterocycles. The molecule has 0 amide bonds. The first-order chi connectivity index (χ1) is 12.0. The Morgan fingerprint density at radius 2 is 1.80 bits per heavy atom. The highest BCUT2D eigenvalue weighted by molar-refractivity contribution is 6.29. The number of likely N-dealkylation sites (N-methyl/N-ethyl adjacent to an activating group) is 1. The smallest absolute Gasteiger partial charge is 0.341 e. The highest BCUT2D eigenvalue weighted by Gasteiger charge is 2.40. The van der Waals surface area contributed by atoms with Crippen molar-refractivity contribution in [1.82, 2.24) is 4.90 Å². The molecule has 2 aromatic rings. The van der Waals surface area contributed by atoms with Gasteiger partial charge in [-0.2, -0.15) is 0 Å². The van der Waals surface area contributed by atoms with Gasteiger partial charge >= 0.3 is 5.97 Å². The van der Waals surface area contributed by atoms with Crippen LogP contribution in [-0.4, -0.2) is 44.1 Å². The molecule has 25 heavy (non-hydrogen) atoms. The number of benzene rings is 2. The van der Waals surface area contributed by atoms with Crippen LogP contribution >= 0.6 is 0 Å². The first kappa shape index (κ1) is 16.9. The van der Waals surface area contributed by atoms with Gasteiger partial charge in [-0.25, -0.2) is 4.79 Å². The third-order valence-electron chi connectivity index (χ3n) is 4.05. The second-order valence-corrected chi connectivity index (χ2v) is 5.94. The first-order valence-electron chi connectivity index (χ1n) is 7.88. The number of Topliss-reactive ketones (excluding diaryl/α,β-unsaturated/α-hetero) is 1. The number of nitrogens with zero attached hydrogens (tertiary/aromatic N) is 1. The fourth-order valence-electron chi connectivity index (χ4n) is 2.84. The molecule has 1 aliphatic heterocycles. The van der Waals surface area contributed by atoms with Crippen molar-refractivity contribution in [3.8, 4) is 5.75 Å². The fourth-order valence-corrected chi connectivity index (χ4v) is 2.84. The van der Waals surface area contributed by atoms with E-state index in [1.54, 1.807) is 62.5 Å². The monoisotopic (exact) mass is 337 g/mol. The van der Waals surface area contributed by atoms with Crippen LogP contribution in [0.3, 0.4) is 0 Å². The second kappa shape index (κ2) is 6.91. The summed E-state index contributed by atoms with van der Waals surface area (Å²) in [6.07, 6.45) is -0.721. The number of rotatable bonds is 5. The summed E-state index contributed by atoms with van der Waals surface area (Å²) < 4.78 is 10.7. The Bertz CT molecular complexity index is 840. The van der Waals surface area contributed by atoms with E-state index in [-0.39, 0.29) is 5.78 Å². The normalized spacial score (nSPS) is 17.0. The van der Waals surface area contributed by atoms with Gasteiger partial charge in [0.15, 0.2) is 12.0 Å². The van der Waals surface area contributed by atoms with E-state index in [4.69, 9.17) is 9.47 Å². The molecule has 2 aromatic carbocycles. The topological polar surface area (TPSA) is 55.8 Å². The zero-order valence-corrected chi connectivity index (χ0v) is 14.4. The number of carbonyl (C=O) groups is 2. The van der Waals surface area contributed by atoms with Crippen molar-refractivity contribution >= 4 is 17.3 Å². The lowest BCUT2D eigenvalue weighted by Crippen LogP contribution is -2.32. The molecule has 0 saturated heterocycles. The van der Waals surface area contributed by atoms with Gasteiger partial charge in [0, 0.05) is 5.56 Å². The summed E-state index contributed by atoms with van der Waals surface area (Å²) in [7, 11) is 5.08. The number of hydrogen-bond donors (Lipinski definition) is 0. The van der Waals surface area contributed by atoms with E-state index < -0.39 is 12.2 Å². The van der Waals surface area contributed by atoms with E-state index >= 15 is 0 Å². The van der Waals surface area contributed by atoms with Crippen LogP contribution in [0.5, 0.6) is 5.75 Å². The Hall–Kier alpha value is -2.92. The molecule has 0 fully saturated rings. The largest absolute Gasteiger partial charge is 0.497 e. The molecule has 1 atom stereocenters. The van der Waals surface area contributed by atoms with Crippen molar-refractivity contribution in [3.63, 3.8) is 0 Å². The van der Waals surface area contributed by atoms with Crippen LogP contribution in [-0.2, 0) is 9.53 Å². The summed E-state index contributed by atoms with van der Waals surface area (Å²) in [5.41, 5.74) is 1.78. The van der Waals surface area contributed by atoms with Gasteiger partial charge in [0.25, 0.3) is 0 Å². The van der Waals surface area contributed by atoms with E-state index in [0.717, 1.165) is 0 Å². The Morgan fingerprint density at radius 1 is 1.08 bits per heavy atom. The van der Waals surface area contributed by atoms with Crippen molar-refractivity contribution in [2.45, 2.75) is 6.23 Å². The van der Waals surface area contributed by atoms with E-state index in [9.17, 15) is 9.59 Å². The molecule has 3 rings (SSSR count). The highest BCUT2D eigenvalue weighted by atomic mass is 16.6. The second-order valence-electron chi connectivity index (χ2n) is 5.94. The molecule has 0 bridgehead atoms. The van der Waals surface area contributed by atoms with Crippen molar-refractivity contribution in [2.75, 3.05) is 21.2 Å². The predicted molar refractivity (Wildman–Crippen MR) is 94.3 cm³/mol. The Labute approximate surface area is 146 Å². The minimum absolute atomic E-state index is 0.248. The first-order valence-corrected chi connectivity index (χ1v) is 7.88. The minimum atomic E-state index is -0.721. The van der Waals surface area contributed by atoms with Crippen molar-refractivity contribution < 1.29 is 19.1 Å². The third-order valence-corrected chi connectivity index (χ3v) is 4.05. The van der Waals surface area contributed by atoms with Crippen molar-refractivity contribution in [2.24, 2.45) is 0 Å². The summed E-state index contributed by atoms with van der Waals surface area (Å²) in [4.78, 5) is 27.4. The lowest BCUT2D eigenvalue weighted by Gasteiger charge is -2.20. The molecule has 1 aliphatic rings. The molecular weight excluding hydrogens is 318 g/mol. The highest BCUT2D eigenvalue weighted by Crippen LogP contribution is 2.34. The lowest BCUT2D eigenvalue weighted by molar-refractivity contribution is -0.143. The number of ketones is 1. The Balaban J connectivity index is 2.16. The molecule has 5 heteroatoms. The SMILES string of the molecule is COc1cccc(C(=O)C2=C(c3ccccc3)C(=O)OC2N(C)C)c1. The molecule has 0 radical (unpaired) electrons. The summed E-state index contributed by atoms with van der Waals surface area (Å²) >= 11 is 0. The van der Waals surface area contributed by atoms with Crippen LogP contribution in [0.2, 0.25) is 0 Å². The molecule has 0 aliphatic carbocycles. The number of esters is 1. The average Bonchev–Trinajstić information content (AvgIpc) is 2.99. The molecule has 1 unspecified atom stereocenters. The molecular formula is C20H19NO4. The Kier molecular flexibility index (Phi) is 4.67. The van der Waals surface area contributed by atoms with E-state index in [1.165, 1.54) is 0 Å².